The molecular formula is C31H34N4O3. The summed E-state index contributed by atoms with van der Waals surface area (Å²) in [7, 11) is 0. The second kappa shape index (κ2) is 12.7. The molecule has 0 aliphatic carbocycles. The van der Waals surface area contributed by atoms with Gasteiger partial charge in [0.25, 0.3) is 5.91 Å². The fourth-order valence-electron chi connectivity index (χ4n) is 4.20. The molecule has 7 nitrogen and oxygen atoms in total. The van der Waals surface area contributed by atoms with Crippen LogP contribution in [0.1, 0.15) is 30.9 Å². The molecule has 0 unspecified atom stereocenters. The number of carbonyl (C=O) groups excluding carboxylic acids is 2. The van der Waals surface area contributed by atoms with E-state index in [1.165, 1.54) is 0 Å². The highest BCUT2D eigenvalue weighted by atomic mass is 16.5. The maximum atomic E-state index is 13.2. The highest BCUT2D eigenvalue weighted by Gasteiger charge is 2.20. The van der Waals surface area contributed by atoms with Gasteiger partial charge in [-0.25, -0.2) is 4.68 Å². The molecule has 1 aromatic heterocycles. The van der Waals surface area contributed by atoms with Crippen molar-refractivity contribution >= 4 is 17.6 Å². The van der Waals surface area contributed by atoms with Gasteiger partial charge in [0.15, 0.2) is 6.61 Å². The van der Waals surface area contributed by atoms with Crippen LogP contribution in [-0.4, -0.2) is 46.2 Å². The summed E-state index contributed by atoms with van der Waals surface area (Å²) in [6.45, 7) is 6.40. The molecule has 1 heterocycles. The topological polar surface area (TPSA) is 76.5 Å². The Morgan fingerprint density at radius 2 is 1.66 bits per heavy atom. The van der Waals surface area contributed by atoms with Gasteiger partial charge >= 0.3 is 0 Å². The lowest BCUT2D eigenvalue weighted by atomic mass is 10.1. The van der Waals surface area contributed by atoms with Crippen LogP contribution in [0.25, 0.3) is 16.9 Å². The molecule has 0 aliphatic heterocycles. The summed E-state index contributed by atoms with van der Waals surface area (Å²) in [6.07, 6.45) is 1.70. The van der Waals surface area contributed by atoms with Crippen molar-refractivity contribution in [1.29, 1.82) is 0 Å². The molecule has 0 spiro atoms. The van der Waals surface area contributed by atoms with E-state index in [2.05, 4.69) is 18.3 Å². The second-order valence-electron chi connectivity index (χ2n) is 9.30. The van der Waals surface area contributed by atoms with Crippen LogP contribution in [0.2, 0.25) is 0 Å². The maximum Gasteiger partial charge on any atom is 0.260 e. The Labute approximate surface area is 224 Å². The summed E-state index contributed by atoms with van der Waals surface area (Å²) in [6, 6.07) is 27.0. The third-order valence-corrected chi connectivity index (χ3v) is 6.20. The fraction of sp³-hybridized carbons (Fsp3) is 0.258. The summed E-state index contributed by atoms with van der Waals surface area (Å²) in [5, 5.41) is 7.83. The molecule has 7 heteroatoms. The third kappa shape index (κ3) is 6.88. The molecule has 0 bridgehead atoms. The molecule has 0 saturated heterocycles. The normalized spacial score (nSPS) is 10.7. The van der Waals surface area contributed by atoms with Crippen LogP contribution >= 0.6 is 0 Å². The molecule has 38 heavy (non-hydrogen) atoms. The quantitative estimate of drug-likeness (QED) is 0.277. The number of ether oxygens (including phenoxy) is 1. The second-order valence-corrected chi connectivity index (χ2v) is 9.30. The summed E-state index contributed by atoms with van der Waals surface area (Å²) < 4.78 is 7.40. The van der Waals surface area contributed by atoms with Gasteiger partial charge < -0.3 is 15.0 Å². The number of benzene rings is 3. The number of hydrogen-bond acceptors (Lipinski definition) is 4. The van der Waals surface area contributed by atoms with Crippen molar-refractivity contribution in [2.45, 2.75) is 33.6 Å². The molecule has 0 saturated carbocycles. The number of carbonyl (C=O) groups is 2. The van der Waals surface area contributed by atoms with E-state index in [4.69, 9.17) is 9.84 Å². The molecule has 2 amide bonds. The molecule has 0 atom stereocenters. The Morgan fingerprint density at radius 3 is 2.34 bits per heavy atom. The highest BCUT2D eigenvalue weighted by molar-refractivity contribution is 5.94. The summed E-state index contributed by atoms with van der Waals surface area (Å²) in [4.78, 5) is 27.8. The van der Waals surface area contributed by atoms with E-state index in [0.717, 1.165) is 40.9 Å². The van der Waals surface area contributed by atoms with Gasteiger partial charge in [-0.1, -0.05) is 79.6 Å². The van der Waals surface area contributed by atoms with E-state index in [0.29, 0.717) is 18.1 Å². The number of nitrogens with zero attached hydrogens (tertiary/aromatic N) is 3. The zero-order valence-corrected chi connectivity index (χ0v) is 22.2. The number of anilines is 1. The molecule has 0 fully saturated rings. The minimum absolute atomic E-state index is 0.0737. The van der Waals surface area contributed by atoms with Crippen molar-refractivity contribution in [3.8, 4) is 22.7 Å². The van der Waals surface area contributed by atoms with E-state index in [1.54, 1.807) is 21.7 Å². The average Bonchev–Trinajstić information content (AvgIpc) is 3.34. The largest absolute Gasteiger partial charge is 0.484 e. The standard InChI is InChI=1S/C31H34N4O3/c1-4-5-18-34(31(37)22-38-26-14-10-7-11-15-26)21-30(36)32-29-20-27(25-12-8-6-9-13-25)33-35(29)28-17-16-23(2)19-24(28)3/h6-17,19-20H,4-5,18,21-22H2,1-3H3,(H,32,36). The van der Waals surface area contributed by atoms with E-state index < -0.39 is 0 Å². The SMILES string of the molecule is CCCCN(CC(=O)Nc1cc(-c2ccccc2)nn1-c1ccc(C)cc1C)C(=O)COc1ccccc1. The van der Waals surface area contributed by atoms with Gasteiger partial charge in [0.05, 0.1) is 11.4 Å². The molecule has 0 aliphatic rings. The Morgan fingerprint density at radius 1 is 0.947 bits per heavy atom. The predicted molar refractivity (Wildman–Crippen MR) is 151 cm³/mol. The molecule has 1 N–H and O–H groups in total. The highest BCUT2D eigenvalue weighted by Crippen LogP contribution is 2.26. The van der Waals surface area contributed by atoms with E-state index >= 15 is 0 Å². The Balaban J connectivity index is 1.54. The van der Waals surface area contributed by atoms with Gasteiger partial charge in [0.2, 0.25) is 5.91 Å². The van der Waals surface area contributed by atoms with Crippen LogP contribution in [-0.2, 0) is 9.59 Å². The average molecular weight is 511 g/mol. The molecule has 196 valence electrons. The lowest BCUT2D eigenvalue weighted by molar-refractivity contribution is -0.136. The van der Waals surface area contributed by atoms with Gasteiger partial charge in [0.1, 0.15) is 18.1 Å². The number of hydrogen-bond donors (Lipinski definition) is 1. The number of rotatable bonds is 11. The van der Waals surface area contributed by atoms with Gasteiger partial charge in [-0.05, 0) is 44.0 Å². The minimum atomic E-state index is -0.292. The summed E-state index contributed by atoms with van der Waals surface area (Å²) in [5.41, 5.74) is 4.76. The summed E-state index contributed by atoms with van der Waals surface area (Å²) >= 11 is 0. The Hall–Kier alpha value is -4.39. The van der Waals surface area contributed by atoms with E-state index in [9.17, 15) is 9.59 Å². The van der Waals surface area contributed by atoms with Crippen molar-refractivity contribution in [2.24, 2.45) is 0 Å². The first-order valence-corrected chi connectivity index (χ1v) is 12.9. The Kier molecular flexibility index (Phi) is 8.93. The Bertz CT molecular complexity index is 1370. The number of aromatic nitrogens is 2. The first-order valence-electron chi connectivity index (χ1n) is 12.9. The zero-order chi connectivity index (χ0) is 26.9. The fourth-order valence-corrected chi connectivity index (χ4v) is 4.20. The van der Waals surface area contributed by atoms with Crippen molar-refractivity contribution in [2.75, 3.05) is 25.0 Å². The zero-order valence-electron chi connectivity index (χ0n) is 22.2. The van der Waals surface area contributed by atoms with Crippen LogP contribution < -0.4 is 10.1 Å². The van der Waals surface area contributed by atoms with Gasteiger partial charge in [-0.2, -0.15) is 5.10 Å². The van der Waals surface area contributed by atoms with Gasteiger partial charge in [0, 0.05) is 18.2 Å². The van der Waals surface area contributed by atoms with Crippen molar-refractivity contribution < 1.29 is 14.3 Å². The van der Waals surface area contributed by atoms with Crippen LogP contribution in [0.15, 0.2) is 84.9 Å². The van der Waals surface area contributed by atoms with Crippen molar-refractivity contribution in [3.05, 3.63) is 96.1 Å². The van der Waals surface area contributed by atoms with Gasteiger partial charge in [-0.3, -0.25) is 9.59 Å². The molecule has 3 aromatic carbocycles. The number of aryl methyl sites for hydroxylation is 2. The summed E-state index contributed by atoms with van der Waals surface area (Å²) in [5.74, 6) is 0.640. The predicted octanol–water partition coefficient (Wildman–Crippen LogP) is 5.80. The monoisotopic (exact) mass is 510 g/mol. The first-order chi connectivity index (χ1) is 18.4. The van der Waals surface area contributed by atoms with E-state index in [-0.39, 0.29) is 25.0 Å². The molecule has 0 radical (unpaired) electrons. The number of para-hydroxylation sites is 1. The molecule has 4 rings (SSSR count). The molecule has 4 aromatic rings. The number of nitrogens with one attached hydrogen (secondary N) is 1. The van der Waals surface area contributed by atoms with E-state index in [1.807, 2.05) is 80.6 Å². The maximum absolute atomic E-state index is 13.2. The number of amides is 2. The van der Waals surface area contributed by atoms with Gasteiger partial charge in [-0.15, -0.1) is 0 Å². The smallest absolute Gasteiger partial charge is 0.260 e. The molecular weight excluding hydrogens is 476 g/mol. The number of unbranched alkanes of at least 4 members (excludes halogenated alkanes) is 1. The van der Waals surface area contributed by atoms with Crippen LogP contribution in [0.3, 0.4) is 0 Å². The minimum Gasteiger partial charge on any atom is -0.484 e. The van der Waals surface area contributed by atoms with Crippen molar-refractivity contribution in [1.82, 2.24) is 14.7 Å². The lowest BCUT2D eigenvalue weighted by Gasteiger charge is -2.22. The third-order valence-electron chi connectivity index (χ3n) is 6.20. The lowest BCUT2D eigenvalue weighted by Crippen LogP contribution is -2.41. The van der Waals surface area contributed by atoms with Crippen LogP contribution in [0, 0.1) is 13.8 Å². The van der Waals surface area contributed by atoms with Crippen LogP contribution in [0.5, 0.6) is 5.75 Å². The van der Waals surface area contributed by atoms with Crippen molar-refractivity contribution in [3.63, 3.8) is 0 Å². The van der Waals surface area contributed by atoms with Crippen LogP contribution in [0.4, 0.5) is 5.82 Å². The first kappa shape index (κ1) is 26.7.